The molecule has 2 nitrogen and oxygen atoms in total. The van der Waals surface area contributed by atoms with Crippen molar-refractivity contribution in [3.63, 3.8) is 0 Å². The molecule has 0 fully saturated rings. The first-order chi connectivity index (χ1) is 8.90. The summed E-state index contributed by atoms with van der Waals surface area (Å²) < 4.78 is 13.8. The van der Waals surface area contributed by atoms with E-state index in [1.165, 1.54) is 23.5 Å². The predicted octanol–water partition coefficient (Wildman–Crippen LogP) is 4.47. The van der Waals surface area contributed by atoms with Crippen LogP contribution in [-0.4, -0.2) is 11.9 Å². The van der Waals surface area contributed by atoms with Crippen molar-refractivity contribution in [2.45, 2.75) is 26.8 Å². The van der Waals surface area contributed by atoms with Crippen molar-refractivity contribution >= 4 is 38.9 Å². The maximum absolute atomic E-state index is 13.2. The molecule has 1 aromatic carbocycles. The Balaban J connectivity index is 2.35. The Morgan fingerprint density at radius 2 is 2.05 bits per heavy atom. The topological polar surface area (TPSA) is 29.1 Å². The molecule has 1 unspecified atom stereocenters. The molecule has 0 radical (unpaired) electrons. The molecule has 2 rings (SSSR count). The van der Waals surface area contributed by atoms with Crippen molar-refractivity contribution in [2.75, 3.05) is 0 Å². The van der Waals surface area contributed by atoms with Crippen LogP contribution in [0.4, 0.5) is 4.39 Å². The first-order valence-corrected chi connectivity index (χ1v) is 7.28. The smallest absolute Gasteiger partial charge is 0.263 e. The van der Waals surface area contributed by atoms with Gasteiger partial charge in [-0.1, -0.05) is 25.4 Å². The highest BCUT2D eigenvalue weighted by Gasteiger charge is 2.19. The molecule has 1 heterocycles. The normalized spacial score (nSPS) is 12.9. The number of nitrogens with one attached hydrogen (secondary N) is 1. The fraction of sp³-hybridized carbons (Fsp3) is 0.357. The molecule has 102 valence electrons. The summed E-state index contributed by atoms with van der Waals surface area (Å²) in [5, 5.41) is 4.02. The fourth-order valence-corrected chi connectivity index (χ4v) is 3.07. The fourth-order valence-electron chi connectivity index (χ4n) is 1.62. The van der Waals surface area contributed by atoms with Crippen molar-refractivity contribution in [1.29, 1.82) is 0 Å². The number of amides is 1. The van der Waals surface area contributed by atoms with Crippen LogP contribution in [0.1, 0.15) is 30.4 Å². The van der Waals surface area contributed by atoms with Crippen LogP contribution in [0.25, 0.3) is 10.1 Å². The average Bonchev–Trinajstić information content (AvgIpc) is 2.66. The van der Waals surface area contributed by atoms with Crippen LogP contribution in [0.2, 0.25) is 5.02 Å². The highest BCUT2D eigenvalue weighted by atomic mass is 35.5. The Morgan fingerprint density at radius 1 is 1.37 bits per heavy atom. The van der Waals surface area contributed by atoms with E-state index in [-0.39, 0.29) is 17.8 Å². The summed E-state index contributed by atoms with van der Waals surface area (Å²) in [7, 11) is 0. The zero-order chi connectivity index (χ0) is 14.2. The van der Waals surface area contributed by atoms with Gasteiger partial charge in [0.15, 0.2) is 0 Å². The molecule has 0 aliphatic carbocycles. The molecule has 19 heavy (non-hydrogen) atoms. The van der Waals surface area contributed by atoms with E-state index < -0.39 is 0 Å². The van der Waals surface area contributed by atoms with Crippen LogP contribution in [-0.2, 0) is 0 Å². The predicted molar refractivity (Wildman–Crippen MR) is 78.6 cm³/mol. The molecular weight excluding hydrogens is 285 g/mol. The zero-order valence-electron chi connectivity index (χ0n) is 11.0. The van der Waals surface area contributed by atoms with Gasteiger partial charge in [-0.05, 0) is 31.0 Å². The number of thiophene rings is 1. The van der Waals surface area contributed by atoms with E-state index >= 15 is 0 Å². The van der Waals surface area contributed by atoms with Gasteiger partial charge in [-0.25, -0.2) is 4.39 Å². The number of hydrogen-bond donors (Lipinski definition) is 1. The molecule has 0 bridgehead atoms. The summed E-state index contributed by atoms with van der Waals surface area (Å²) in [6, 6.07) is 4.41. The van der Waals surface area contributed by atoms with E-state index in [1.54, 1.807) is 6.07 Å². The molecule has 0 aliphatic rings. The maximum atomic E-state index is 13.2. The van der Waals surface area contributed by atoms with Gasteiger partial charge in [0, 0.05) is 16.1 Å². The largest absolute Gasteiger partial charge is 0.349 e. The first-order valence-electron chi connectivity index (χ1n) is 6.08. The minimum Gasteiger partial charge on any atom is -0.349 e. The van der Waals surface area contributed by atoms with Crippen LogP contribution in [0.15, 0.2) is 18.2 Å². The molecule has 1 aromatic heterocycles. The Labute approximate surface area is 120 Å². The van der Waals surface area contributed by atoms with E-state index in [9.17, 15) is 9.18 Å². The van der Waals surface area contributed by atoms with Gasteiger partial charge >= 0.3 is 0 Å². The number of fused-ring (bicyclic) bond motifs is 1. The van der Waals surface area contributed by atoms with E-state index in [2.05, 4.69) is 5.32 Å². The standard InChI is InChI=1S/C14H15ClFNOS/c1-7(2)8(3)17-14(18)13-12(15)10-5-4-9(16)6-11(10)19-13/h4-8H,1-3H3,(H,17,18). The van der Waals surface area contributed by atoms with Crippen molar-refractivity contribution in [3.05, 3.63) is 33.9 Å². The second-order valence-corrected chi connectivity index (χ2v) is 6.32. The highest BCUT2D eigenvalue weighted by molar-refractivity contribution is 7.21. The number of halogens is 2. The molecule has 2 aromatic rings. The van der Waals surface area contributed by atoms with Crippen molar-refractivity contribution < 1.29 is 9.18 Å². The van der Waals surface area contributed by atoms with Gasteiger partial charge in [0.2, 0.25) is 0 Å². The van der Waals surface area contributed by atoms with Crippen LogP contribution in [0.3, 0.4) is 0 Å². The second kappa shape index (κ2) is 5.47. The minimum absolute atomic E-state index is 0.0607. The van der Waals surface area contributed by atoms with Crippen LogP contribution >= 0.6 is 22.9 Å². The zero-order valence-corrected chi connectivity index (χ0v) is 12.5. The first kappa shape index (κ1) is 14.3. The lowest BCUT2D eigenvalue weighted by Gasteiger charge is -2.16. The molecule has 1 N–H and O–H groups in total. The number of rotatable bonds is 3. The monoisotopic (exact) mass is 299 g/mol. The third-order valence-corrected chi connectivity index (χ3v) is 4.81. The molecule has 1 amide bonds. The molecule has 0 saturated carbocycles. The van der Waals surface area contributed by atoms with E-state index in [0.717, 1.165) is 5.39 Å². The van der Waals surface area contributed by atoms with Crippen LogP contribution < -0.4 is 5.32 Å². The highest BCUT2D eigenvalue weighted by Crippen LogP contribution is 2.35. The number of hydrogen-bond acceptors (Lipinski definition) is 2. The second-order valence-electron chi connectivity index (χ2n) is 4.89. The van der Waals surface area contributed by atoms with Crippen LogP contribution in [0.5, 0.6) is 0 Å². The van der Waals surface area contributed by atoms with Gasteiger partial charge in [0.1, 0.15) is 10.7 Å². The van der Waals surface area contributed by atoms with Gasteiger partial charge < -0.3 is 5.32 Å². The molecule has 0 saturated heterocycles. The number of carbonyl (C=O) groups is 1. The van der Waals surface area contributed by atoms with Gasteiger partial charge in [-0.15, -0.1) is 11.3 Å². The number of carbonyl (C=O) groups excluding carboxylic acids is 1. The summed E-state index contributed by atoms with van der Waals surface area (Å²) in [5.74, 6) is -0.185. The van der Waals surface area contributed by atoms with Crippen molar-refractivity contribution in [1.82, 2.24) is 5.32 Å². The van der Waals surface area contributed by atoms with E-state index in [1.807, 2.05) is 20.8 Å². The molecule has 5 heteroatoms. The Hall–Kier alpha value is -1.13. The minimum atomic E-state index is -0.326. The lowest BCUT2D eigenvalue weighted by molar-refractivity contribution is 0.0935. The van der Waals surface area contributed by atoms with E-state index in [4.69, 9.17) is 11.6 Å². The quantitative estimate of drug-likeness (QED) is 0.890. The number of benzene rings is 1. The molecule has 0 spiro atoms. The lowest BCUT2D eigenvalue weighted by atomic mass is 10.1. The Kier molecular flexibility index (Phi) is 4.11. The lowest BCUT2D eigenvalue weighted by Crippen LogP contribution is -2.35. The summed E-state index contributed by atoms with van der Waals surface area (Å²) >= 11 is 7.41. The summed E-state index contributed by atoms with van der Waals surface area (Å²) in [6.07, 6.45) is 0. The Morgan fingerprint density at radius 3 is 2.68 bits per heavy atom. The summed E-state index contributed by atoms with van der Waals surface area (Å²) in [6.45, 7) is 6.02. The molecule has 1 atom stereocenters. The summed E-state index contributed by atoms with van der Waals surface area (Å²) in [5.41, 5.74) is 0. The Bertz CT molecular complexity index is 623. The molecule has 0 aliphatic heterocycles. The van der Waals surface area contributed by atoms with Crippen molar-refractivity contribution in [2.24, 2.45) is 5.92 Å². The maximum Gasteiger partial charge on any atom is 0.263 e. The molecular formula is C14H15ClFNOS. The van der Waals surface area contributed by atoms with E-state index in [0.29, 0.717) is 20.5 Å². The van der Waals surface area contributed by atoms with Gasteiger partial charge in [0.25, 0.3) is 5.91 Å². The SMILES string of the molecule is CC(C)C(C)NC(=O)c1sc2cc(F)ccc2c1Cl. The van der Waals surface area contributed by atoms with Gasteiger partial charge in [0.05, 0.1) is 5.02 Å². The average molecular weight is 300 g/mol. The third kappa shape index (κ3) is 2.90. The van der Waals surface area contributed by atoms with Crippen LogP contribution in [0, 0.1) is 11.7 Å². The van der Waals surface area contributed by atoms with Gasteiger partial charge in [-0.2, -0.15) is 0 Å². The third-order valence-electron chi connectivity index (χ3n) is 3.16. The van der Waals surface area contributed by atoms with Crippen molar-refractivity contribution in [3.8, 4) is 0 Å². The van der Waals surface area contributed by atoms with Gasteiger partial charge in [-0.3, -0.25) is 4.79 Å². The summed E-state index contributed by atoms with van der Waals surface area (Å²) in [4.78, 5) is 12.6.